The maximum atomic E-state index is 6.82. The van der Waals surface area contributed by atoms with Crippen LogP contribution >= 0.6 is 0 Å². The Kier molecular flexibility index (Phi) is 7.18. The number of fused-ring (bicyclic) bond motifs is 6. The maximum absolute atomic E-state index is 6.82. The Morgan fingerprint density at radius 3 is 1.83 bits per heavy atom. The Hall–Kier alpha value is -6.90. The molecule has 10 rings (SSSR count). The summed E-state index contributed by atoms with van der Waals surface area (Å²) >= 11 is 0. The number of hydrogen-bond acceptors (Lipinski definition) is 2. The van der Waals surface area contributed by atoms with Crippen molar-refractivity contribution in [2.24, 2.45) is 0 Å². The fraction of sp³-hybridized carbons (Fsp3) is 0. The highest BCUT2D eigenvalue weighted by molar-refractivity contribution is 6.23. The van der Waals surface area contributed by atoms with Gasteiger partial charge in [-0.2, -0.15) is 0 Å². The van der Waals surface area contributed by atoms with Gasteiger partial charge in [-0.3, -0.25) is 0 Å². The number of furan rings is 1. The molecule has 0 amide bonds. The molecule has 2 nitrogen and oxygen atoms in total. The van der Waals surface area contributed by atoms with E-state index in [0.717, 1.165) is 66.5 Å². The Morgan fingerprint density at radius 1 is 0.346 bits per heavy atom. The van der Waals surface area contributed by atoms with Crippen molar-refractivity contribution >= 4 is 60.5 Å². The van der Waals surface area contributed by atoms with Crippen LogP contribution in [0.5, 0.6) is 0 Å². The van der Waals surface area contributed by atoms with Gasteiger partial charge in [-0.15, -0.1) is 0 Å². The van der Waals surface area contributed by atoms with Crippen LogP contribution in [0.2, 0.25) is 0 Å². The summed E-state index contributed by atoms with van der Waals surface area (Å²) in [5.41, 5.74) is 12.1. The largest absolute Gasteiger partial charge is 0.455 e. The molecule has 0 atom stereocenters. The van der Waals surface area contributed by atoms with Gasteiger partial charge in [0.05, 0.1) is 11.4 Å². The Morgan fingerprint density at radius 2 is 0.981 bits per heavy atom. The van der Waals surface area contributed by atoms with Gasteiger partial charge in [0.15, 0.2) is 0 Å². The molecule has 0 aliphatic heterocycles. The SMILES string of the molecule is c1ccc(-c2cccc(-c3cccc4oc5c6ccccc6c(N(c6ccc7ccccc7c6)c6ccccc6-c6ccccc6)cc5c34)c2)cc1. The first-order valence-corrected chi connectivity index (χ1v) is 17.8. The van der Waals surface area contributed by atoms with Crippen LogP contribution in [0.15, 0.2) is 205 Å². The monoisotopic (exact) mass is 663 g/mol. The molecule has 0 radical (unpaired) electrons. The minimum atomic E-state index is 0.877. The highest BCUT2D eigenvalue weighted by Gasteiger charge is 2.23. The fourth-order valence-electron chi connectivity index (χ4n) is 7.81. The zero-order valence-corrected chi connectivity index (χ0v) is 28.4. The summed E-state index contributed by atoms with van der Waals surface area (Å²) in [5, 5.41) is 6.82. The van der Waals surface area contributed by atoms with E-state index >= 15 is 0 Å². The van der Waals surface area contributed by atoms with Crippen molar-refractivity contribution in [1.82, 2.24) is 0 Å². The third-order valence-electron chi connectivity index (χ3n) is 10.2. The molecule has 10 aromatic rings. The predicted octanol–water partition coefficient (Wildman–Crippen LogP) is 14.4. The molecule has 0 bridgehead atoms. The molecule has 0 saturated heterocycles. The predicted molar refractivity (Wildman–Crippen MR) is 220 cm³/mol. The van der Waals surface area contributed by atoms with Crippen molar-refractivity contribution in [3.05, 3.63) is 200 Å². The van der Waals surface area contributed by atoms with Crippen LogP contribution in [0, 0.1) is 0 Å². The molecule has 0 aliphatic rings. The van der Waals surface area contributed by atoms with Crippen LogP contribution in [-0.2, 0) is 0 Å². The van der Waals surface area contributed by atoms with E-state index in [1.807, 2.05) is 0 Å². The van der Waals surface area contributed by atoms with E-state index in [9.17, 15) is 0 Å². The van der Waals surface area contributed by atoms with Crippen LogP contribution in [0.1, 0.15) is 0 Å². The lowest BCUT2D eigenvalue weighted by molar-refractivity contribution is 0.673. The zero-order chi connectivity index (χ0) is 34.4. The smallest absolute Gasteiger partial charge is 0.143 e. The quantitative estimate of drug-likeness (QED) is 0.176. The van der Waals surface area contributed by atoms with Gasteiger partial charge in [-0.1, -0.05) is 164 Å². The van der Waals surface area contributed by atoms with Crippen LogP contribution in [0.4, 0.5) is 17.1 Å². The zero-order valence-electron chi connectivity index (χ0n) is 28.4. The van der Waals surface area contributed by atoms with Crippen molar-refractivity contribution in [2.45, 2.75) is 0 Å². The summed E-state index contributed by atoms with van der Waals surface area (Å²) in [6, 6.07) is 71.7. The summed E-state index contributed by atoms with van der Waals surface area (Å²) in [6.07, 6.45) is 0. The molecule has 52 heavy (non-hydrogen) atoms. The topological polar surface area (TPSA) is 16.4 Å². The molecule has 0 N–H and O–H groups in total. The second kappa shape index (κ2) is 12.5. The summed E-state index contributed by atoms with van der Waals surface area (Å²) in [7, 11) is 0. The number of benzene rings is 9. The molecule has 2 heteroatoms. The molecule has 1 aromatic heterocycles. The van der Waals surface area contributed by atoms with Gasteiger partial charge >= 0.3 is 0 Å². The van der Waals surface area contributed by atoms with Gasteiger partial charge in [0.25, 0.3) is 0 Å². The van der Waals surface area contributed by atoms with E-state index in [1.54, 1.807) is 0 Å². The molecule has 1 heterocycles. The van der Waals surface area contributed by atoms with Gasteiger partial charge in [-0.25, -0.2) is 0 Å². The van der Waals surface area contributed by atoms with Crippen LogP contribution in [-0.4, -0.2) is 0 Å². The normalized spacial score (nSPS) is 11.5. The second-order valence-corrected chi connectivity index (χ2v) is 13.3. The van der Waals surface area contributed by atoms with E-state index < -0.39 is 0 Å². The first kappa shape index (κ1) is 30.0. The molecule has 0 fully saturated rings. The van der Waals surface area contributed by atoms with E-state index in [1.165, 1.54) is 27.5 Å². The first-order chi connectivity index (χ1) is 25.8. The maximum Gasteiger partial charge on any atom is 0.143 e. The van der Waals surface area contributed by atoms with Gasteiger partial charge in [0.1, 0.15) is 11.2 Å². The molecular formula is C50H33NO. The molecule has 244 valence electrons. The summed E-state index contributed by atoms with van der Waals surface area (Å²) in [4.78, 5) is 2.44. The molecule has 0 spiro atoms. The van der Waals surface area contributed by atoms with Gasteiger partial charge in [-0.05, 0) is 75.0 Å². The highest BCUT2D eigenvalue weighted by atomic mass is 16.3. The standard InChI is InChI=1S/C50H33NO/c1-3-15-34(16-4-1)37-21-13-22-39(31-37)42-26-14-28-48-49(42)45-33-47(43-24-9-10-25-44(43)50(45)52-48)51(40-30-29-35-17-7-8-20-38(35)32-40)46-27-12-11-23-41(46)36-18-5-2-6-19-36/h1-33H. The van der Waals surface area contributed by atoms with Crippen LogP contribution in [0.25, 0.3) is 76.9 Å². The summed E-state index contributed by atoms with van der Waals surface area (Å²) in [5.74, 6) is 0. The van der Waals surface area contributed by atoms with Crippen molar-refractivity contribution in [2.75, 3.05) is 4.90 Å². The van der Waals surface area contributed by atoms with Gasteiger partial charge in [0, 0.05) is 32.8 Å². The molecular weight excluding hydrogens is 631 g/mol. The number of para-hydroxylation sites is 1. The highest BCUT2D eigenvalue weighted by Crippen LogP contribution is 2.48. The summed E-state index contributed by atoms with van der Waals surface area (Å²) in [6.45, 7) is 0. The molecule has 9 aromatic carbocycles. The molecule has 0 unspecified atom stereocenters. The lowest BCUT2D eigenvalue weighted by atomic mass is 9.94. The average Bonchev–Trinajstić information content (AvgIpc) is 3.61. The Labute approximate surface area is 302 Å². The van der Waals surface area contributed by atoms with Crippen molar-refractivity contribution in [1.29, 1.82) is 0 Å². The van der Waals surface area contributed by atoms with Gasteiger partial charge < -0.3 is 9.32 Å². The van der Waals surface area contributed by atoms with Crippen LogP contribution < -0.4 is 4.90 Å². The minimum Gasteiger partial charge on any atom is -0.455 e. The molecule has 0 saturated carbocycles. The number of anilines is 3. The lowest BCUT2D eigenvalue weighted by Crippen LogP contribution is -2.12. The molecule has 0 aliphatic carbocycles. The number of nitrogens with zero attached hydrogens (tertiary/aromatic N) is 1. The number of hydrogen-bond donors (Lipinski definition) is 0. The van der Waals surface area contributed by atoms with Crippen molar-refractivity contribution in [3.63, 3.8) is 0 Å². The van der Waals surface area contributed by atoms with Crippen LogP contribution in [0.3, 0.4) is 0 Å². The minimum absolute atomic E-state index is 0.877. The van der Waals surface area contributed by atoms with Crippen molar-refractivity contribution < 1.29 is 4.42 Å². The van der Waals surface area contributed by atoms with E-state index in [0.29, 0.717) is 0 Å². The fourth-order valence-corrected chi connectivity index (χ4v) is 7.81. The second-order valence-electron chi connectivity index (χ2n) is 13.3. The van der Waals surface area contributed by atoms with E-state index in [4.69, 9.17) is 4.42 Å². The lowest BCUT2D eigenvalue weighted by Gasteiger charge is -2.29. The first-order valence-electron chi connectivity index (χ1n) is 17.8. The van der Waals surface area contributed by atoms with Gasteiger partial charge in [0.2, 0.25) is 0 Å². The Balaban J connectivity index is 1.28. The van der Waals surface area contributed by atoms with Crippen molar-refractivity contribution in [3.8, 4) is 33.4 Å². The third kappa shape index (κ3) is 5.04. The third-order valence-corrected chi connectivity index (χ3v) is 10.2. The number of rotatable bonds is 6. The summed E-state index contributed by atoms with van der Waals surface area (Å²) < 4.78 is 6.82. The van der Waals surface area contributed by atoms with E-state index in [2.05, 4.69) is 205 Å². The average molecular weight is 664 g/mol. The van der Waals surface area contributed by atoms with E-state index in [-0.39, 0.29) is 0 Å². The Bertz CT molecular complexity index is 2910.